The second-order valence-corrected chi connectivity index (χ2v) is 5.99. The van der Waals surface area contributed by atoms with Crippen molar-refractivity contribution in [1.82, 2.24) is 0 Å². The molecule has 2 aromatic carbocycles. The molecular formula is C19H17NO6. The highest BCUT2D eigenvalue weighted by Gasteiger charge is 2.43. The topological polar surface area (TPSA) is 104 Å². The molecule has 0 fully saturated rings. The second-order valence-electron chi connectivity index (χ2n) is 5.99. The molecule has 0 radical (unpaired) electrons. The van der Waals surface area contributed by atoms with Crippen LogP contribution in [0.25, 0.3) is 0 Å². The zero-order valence-electron chi connectivity index (χ0n) is 14.2. The molecule has 3 rings (SSSR count). The van der Waals surface area contributed by atoms with Crippen LogP contribution in [-0.2, 0) is 15.1 Å². The molecule has 1 atom stereocenters. The number of aliphatic hydroxyl groups is 1. The van der Waals surface area contributed by atoms with E-state index in [0.717, 1.165) is 11.0 Å². The highest BCUT2D eigenvalue weighted by atomic mass is 16.5. The molecule has 0 saturated heterocycles. The smallest absolute Gasteiger partial charge is 0.342 e. The van der Waals surface area contributed by atoms with Crippen LogP contribution >= 0.6 is 0 Å². The number of nitrogens with zero attached hydrogens (tertiary/aromatic N) is 1. The Morgan fingerprint density at radius 3 is 2.23 bits per heavy atom. The van der Waals surface area contributed by atoms with E-state index >= 15 is 0 Å². The number of ether oxygens (including phenoxy) is 1. The van der Waals surface area contributed by atoms with E-state index in [-0.39, 0.29) is 34.7 Å². The number of benzene rings is 2. The summed E-state index contributed by atoms with van der Waals surface area (Å²) in [6.07, 6.45) is 0. The van der Waals surface area contributed by atoms with Gasteiger partial charge in [0.2, 0.25) is 0 Å². The molecule has 1 aliphatic heterocycles. The average Bonchev–Trinajstić information content (AvgIpc) is 2.86. The predicted molar refractivity (Wildman–Crippen MR) is 91.9 cm³/mol. The highest BCUT2D eigenvalue weighted by molar-refractivity contribution is 6.34. The van der Waals surface area contributed by atoms with E-state index in [1.807, 2.05) is 0 Å². The van der Waals surface area contributed by atoms with Gasteiger partial charge in [0.05, 0.1) is 23.4 Å². The Bertz CT molecular complexity index is 883. The van der Waals surface area contributed by atoms with E-state index in [2.05, 4.69) is 0 Å². The monoisotopic (exact) mass is 355 g/mol. The minimum absolute atomic E-state index is 0.0248. The van der Waals surface area contributed by atoms with Crippen molar-refractivity contribution in [1.29, 1.82) is 0 Å². The van der Waals surface area contributed by atoms with Crippen LogP contribution in [0.1, 0.15) is 40.1 Å². The molecule has 0 saturated carbocycles. The van der Waals surface area contributed by atoms with Crippen LogP contribution in [0.3, 0.4) is 0 Å². The number of aromatic hydroxyl groups is 1. The number of hydrogen-bond acceptors (Lipinski definition) is 6. The van der Waals surface area contributed by atoms with Gasteiger partial charge in [-0.2, -0.15) is 0 Å². The quantitative estimate of drug-likeness (QED) is 0.642. The van der Waals surface area contributed by atoms with Gasteiger partial charge in [-0.1, -0.05) is 12.1 Å². The largest absolute Gasteiger partial charge is 0.508 e. The van der Waals surface area contributed by atoms with Crippen LogP contribution in [0.2, 0.25) is 0 Å². The summed E-state index contributed by atoms with van der Waals surface area (Å²) < 4.78 is 4.88. The first kappa shape index (κ1) is 17.6. The molecule has 2 aromatic rings. The summed E-state index contributed by atoms with van der Waals surface area (Å²) in [5, 5.41) is 20.5. The first-order valence-electron chi connectivity index (χ1n) is 8.00. The second kappa shape index (κ2) is 6.27. The van der Waals surface area contributed by atoms with Gasteiger partial charge in [0.25, 0.3) is 11.8 Å². The maximum absolute atomic E-state index is 12.7. The molecule has 0 bridgehead atoms. The minimum Gasteiger partial charge on any atom is -0.508 e. The molecule has 1 heterocycles. The molecule has 2 amide bonds. The van der Waals surface area contributed by atoms with Crippen LogP contribution in [0.5, 0.6) is 5.75 Å². The van der Waals surface area contributed by atoms with Crippen molar-refractivity contribution in [3.8, 4) is 5.75 Å². The number of imide groups is 1. The van der Waals surface area contributed by atoms with Crippen molar-refractivity contribution >= 4 is 23.5 Å². The van der Waals surface area contributed by atoms with E-state index in [1.54, 1.807) is 19.1 Å². The highest BCUT2D eigenvalue weighted by Crippen LogP contribution is 2.38. The van der Waals surface area contributed by atoms with Gasteiger partial charge in [0, 0.05) is 11.6 Å². The fourth-order valence-corrected chi connectivity index (χ4v) is 2.91. The molecule has 7 nitrogen and oxygen atoms in total. The number of phenolic OH excluding ortho intramolecular Hbond substituents is 1. The Hall–Kier alpha value is -3.19. The van der Waals surface area contributed by atoms with Gasteiger partial charge >= 0.3 is 5.97 Å². The molecule has 1 unspecified atom stereocenters. The van der Waals surface area contributed by atoms with Crippen molar-refractivity contribution in [2.75, 3.05) is 11.5 Å². The molecule has 0 aliphatic carbocycles. The van der Waals surface area contributed by atoms with Gasteiger partial charge in [0.1, 0.15) is 5.75 Å². The molecule has 7 heteroatoms. The van der Waals surface area contributed by atoms with E-state index in [1.165, 1.54) is 31.2 Å². The molecule has 2 N–H and O–H groups in total. The summed E-state index contributed by atoms with van der Waals surface area (Å²) >= 11 is 0. The summed E-state index contributed by atoms with van der Waals surface area (Å²) in [5.74, 6) is -2.35. The number of phenols is 1. The fraction of sp³-hybridized carbons (Fsp3) is 0.211. The van der Waals surface area contributed by atoms with Crippen molar-refractivity contribution in [2.45, 2.75) is 19.4 Å². The van der Waals surface area contributed by atoms with Gasteiger partial charge in [0.15, 0.2) is 5.60 Å². The number of anilines is 1. The molecule has 134 valence electrons. The van der Waals surface area contributed by atoms with Crippen LogP contribution in [0.15, 0.2) is 42.5 Å². The Labute approximate surface area is 149 Å². The molecule has 0 spiro atoms. The molecular weight excluding hydrogens is 338 g/mol. The van der Waals surface area contributed by atoms with Crippen LogP contribution < -0.4 is 4.90 Å². The maximum atomic E-state index is 12.7. The lowest BCUT2D eigenvalue weighted by atomic mass is 9.93. The fourth-order valence-electron chi connectivity index (χ4n) is 2.91. The lowest BCUT2D eigenvalue weighted by molar-refractivity contribution is -0.164. The van der Waals surface area contributed by atoms with Gasteiger partial charge < -0.3 is 14.9 Å². The number of esters is 1. The SMILES string of the molecule is CCOC(=O)C(C)(O)c1ccc(O)cc1N1C(=O)c2ccccc2C1=O. The van der Waals surface area contributed by atoms with Crippen LogP contribution in [0, 0.1) is 0 Å². The van der Waals surface area contributed by atoms with E-state index in [0.29, 0.717) is 0 Å². The number of hydrogen-bond donors (Lipinski definition) is 2. The lowest BCUT2D eigenvalue weighted by Crippen LogP contribution is -2.38. The lowest BCUT2D eigenvalue weighted by Gasteiger charge is -2.27. The third kappa shape index (κ3) is 2.62. The van der Waals surface area contributed by atoms with Crippen molar-refractivity contribution in [3.05, 3.63) is 59.2 Å². The summed E-state index contributed by atoms with van der Waals surface area (Å²) in [7, 11) is 0. The Morgan fingerprint density at radius 2 is 1.69 bits per heavy atom. The molecule has 1 aliphatic rings. The first-order valence-corrected chi connectivity index (χ1v) is 8.00. The first-order chi connectivity index (χ1) is 12.3. The standard InChI is InChI=1S/C19H17NO6/c1-3-26-18(24)19(2,25)14-9-8-11(21)10-15(14)20-16(22)12-6-4-5-7-13(12)17(20)23/h4-10,21,25H,3H2,1-2H3. The zero-order valence-corrected chi connectivity index (χ0v) is 14.2. The number of rotatable bonds is 4. The summed E-state index contributed by atoms with van der Waals surface area (Å²) in [4.78, 5) is 38.5. The number of carbonyl (C=O) groups is 3. The summed E-state index contributed by atoms with van der Waals surface area (Å²) in [6.45, 7) is 2.85. The van der Waals surface area contributed by atoms with Gasteiger partial charge in [-0.05, 0) is 38.1 Å². The van der Waals surface area contributed by atoms with Crippen molar-refractivity contribution in [3.63, 3.8) is 0 Å². The third-order valence-corrected chi connectivity index (χ3v) is 4.21. The Kier molecular flexibility index (Phi) is 4.25. The third-order valence-electron chi connectivity index (χ3n) is 4.21. The molecule has 0 aromatic heterocycles. The normalized spacial score (nSPS) is 15.6. The summed E-state index contributed by atoms with van der Waals surface area (Å²) in [6, 6.07) is 9.99. The number of fused-ring (bicyclic) bond motifs is 1. The predicted octanol–water partition coefficient (Wildman–Crippen LogP) is 1.96. The Balaban J connectivity index is 2.15. The minimum atomic E-state index is -2.12. The van der Waals surface area contributed by atoms with Gasteiger partial charge in [-0.25, -0.2) is 9.69 Å². The van der Waals surface area contributed by atoms with Crippen molar-refractivity contribution in [2.24, 2.45) is 0 Å². The number of carbonyl (C=O) groups excluding carboxylic acids is 3. The average molecular weight is 355 g/mol. The summed E-state index contributed by atoms with van der Waals surface area (Å²) in [5.41, 5.74) is -1.79. The number of amides is 2. The molecule has 26 heavy (non-hydrogen) atoms. The van der Waals surface area contributed by atoms with E-state index < -0.39 is 23.4 Å². The van der Waals surface area contributed by atoms with E-state index in [9.17, 15) is 24.6 Å². The van der Waals surface area contributed by atoms with Crippen molar-refractivity contribution < 1.29 is 29.3 Å². The van der Waals surface area contributed by atoms with Gasteiger partial charge in [-0.15, -0.1) is 0 Å². The van der Waals surface area contributed by atoms with Crippen LogP contribution in [-0.4, -0.2) is 34.6 Å². The van der Waals surface area contributed by atoms with Crippen LogP contribution in [0.4, 0.5) is 5.69 Å². The Morgan fingerprint density at radius 1 is 1.12 bits per heavy atom. The maximum Gasteiger partial charge on any atom is 0.342 e. The van der Waals surface area contributed by atoms with Gasteiger partial charge in [-0.3, -0.25) is 9.59 Å². The zero-order chi connectivity index (χ0) is 19.1. The van der Waals surface area contributed by atoms with E-state index in [4.69, 9.17) is 4.74 Å².